The van der Waals surface area contributed by atoms with Gasteiger partial charge in [0, 0.05) is 31.1 Å². The van der Waals surface area contributed by atoms with Crippen LogP contribution in [0.1, 0.15) is 18.4 Å². The average Bonchev–Trinajstić information content (AvgIpc) is 2.89. The van der Waals surface area contributed by atoms with Crippen molar-refractivity contribution in [3.8, 4) is 22.8 Å². The number of methoxy groups -OCH3 is 2. The van der Waals surface area contributed by atoms with Gasteiger partial charge in [-0.2, -0.15) is 0 Å². The first-order valence-electron chi connectivity index (χ1n) is 11.3. The minimum absolute atomic E-state index is 0.0275. The molecule has 1 saturated heterocycles. The van der Waals surface area contributed by atoms with Gasteiger partial charge in [-0.05, 0) is 55.2 Å². The molecule has 7 heteroatoms. The number of benzene rings is 2. The SMILES string of the molecule is COc1ccccc1CCNC(=O)C1CCN(c2ccc(-c3ccccc3OC)nn2)CC1. The minimum atomic E-state index is 0.0275. The van der Waals surface area contributed by atoms with Crippen LogP contribution in [0.25, 0.3) is 11.3 Å². The predicted octanol–water partition coefficient (Wildman–Crippen LogP) is 3.74. The van der Waals surface area contributed by atoms with Crippen molar-refractivity contribution < 1.29 is 14.3 Å². The Morgan fingerprint density at radius 3 is 2.33 bits per heavy atom. The number of nitrogens with one attached hydrogen (secondary N) is 1. The number of anilines is 1. The lowest BCUT2D eigenvalue weighted by Gasteiger charge is -2.31. The van der Waals surface area contributed by atoms with Crippen LogP contribution in [0.15, 0.2) is 60.7 Å². The van der Waals surface area contributed by atoms with Crippen LogP contribution in [0.5, 0.6) is 11.5 Å². The summed E-state index contributed by atoms with van der Waals surface area (Å²) in [6.45, 7) is 2.18. The summed E-state index contributed by atoms with van der Waals surface area (Å²) in [6.07, 6.45) is 2.36. The van der Waals surface area contributed by atoms with Gasteiger partial charge in [-0.3, -0.25) is 4.79 Å². The highest BCUT2D eigenvalue weighted by Crippen LogP contribution is 2.29. The molecule has 0 bridgehead atoms. The highest BCUT2D eigenvalue weighted by atomic mass is 16.5. The molecule has 0 aliphatic carbocycles. The lowest BCUT2D eigenvalue weighted by molar-refractivity contribution is -0.125. The molecule has 0 saturated carbocycles. The van der Waals surface area contributed by atoms with E-state index in [-0.39, 0.29) is 11.8 Å². The van der Waals surface area contributed by atoms with Crippen LogP contribution >= 0.6 is 0 Å². The van der Waals surface area contributed by atoms with Gasteiger partial charge in [-0.15, -0.1) is 10.2 Å². The van der Waals surface area contributed by atoms with Crippen molar-refractivity contribution in [2.24, 2.45) is 5.92 Å². The van der Waals surface area contributed by atoms with Gasteiger partial charge in [0.25, 0.3) is 0 Å². The van der Waals surface area contributed by atoms with Gasteiger partial charge in [0.05, 0.1) is 19.9 Å². The number of nitrogens with zero attached hydrogens (tertiary/aromatic N) is 3. The summed E-state index contributed by atoms with van der Waals surface area (Å²) in [5.41, 5.74) is 2.80. The first kappa shape index (κ1) is 22.6. The molecular formula is C26H30N4O3. The van der Waals surface area contributed by atoms with Gasteiger partial charge in [0.2, 0.25) is 5.91 Å². The third-order valence-corrected chi connectivity index (χ3v) is 6.11. The fraction of sp³-hybridized carbons (Fsp3) is 0.346. The number of carbonyl (C=O) groups is 1. The molecule has 0 unspecified atom stereocenters. The van der Waals surface area contributed by atoms with Crippen LogP contribution in [-0.4, -0.2) is 50.0 Å². The van der Waals surface area contributed by atoms with Crippen molar-refractivity contribution in [3.05, 3.63) is 66.2 Å². The van der Waals surface area contributed by atoms with Crippen molar-refractivity contribution in [3.63, 3.8) is 0 Å². The van der Waals surface area contributed by atoms with Crippen LogP contribution in [-0.2, 0) is 11.2 Å². The van der Waals surface area contributed by atoms with E-state index in [0.29, 0.717) is 6.54 Å². The smallest absolute Gasteiger partial charge is 0.223 e. The summed E-state index contributed by atoms with van der Waals surface area (Å²) in [4.78, 5) is 14.8. The average molecular weight is 447 g/mol. The molecule has 1 amide bonds. The Labute approximate surface area is 194 Å². The Balaban J connectivity index is 1.27. The van der Waals surface area contributed by atoms with Crippen molar-refractivity contribution in [1.82, 2.24) is 15.5 Å². The van der Waals surface area contributed by atoms with Crippen LogP contribution < -0.4 is 19.7 Å². The summed E-state index contributed by atoms with van der Waals surface area (Å²) < 4.78 is 10.8. The van der Waals surface area contributed by atoms with Crippen LogP contribution in [0.2, 0.25) is 0 Å². The molecule has 2 heterocycles. The van der Waals surface area contributed by atoms with Crippen LogP contribution in [0.3, 0.4) is 0 Å². The standard InChI is InChI=1S/C26H30N4O3/c1-32-23-9-5-3-7-19(23)13-16-27-26(31)20-14-17-30(18-15-20)25-12-11-22(28-29-25)21-8-4-6-10-24(21)33-2/h3-12,20H,13-18H2,1-2H3,(H,27,31). The Morgan fingerprint density at radius 1 is 0.939 bits per heavy atom. The molecule has 0 spiro atoms. The molecule has 4 rings (SSSR count). The fourth-order valence-corrected chi connectivity index (χ4v) is 4.24. The van der Waals surface area contributed by atoms with Gasteiger partial charge >= 0.3 is 0 Å². The summed E-state index contributed by atoms with van der Waals surface area (Å²) in [5, 5.41) is 11.9. The molecule has 33 heavy (non-hydrogen) atoms. The number of hydrogen-bond acceptors (Lipinski definition) is 6. The molecule has 1 N–H and O–H groups in total. The van der Waals surface area contributed by atoms with E-state index in [9.17, 15) is 4.79 Å². The zero-order chi connectivity index (χ0) is 23.0. The molecule has 172 valence electrons. The lowest BCUT2D eigenvalue weighted by Crippen LogP contribution is -2.41. The zero-order valence-electron chi connectivity index (χ0n) is 19.2. The second-order valence-corrected chi connectivity index (χ2v) is 8.09. The third-order valence-electron chi connectivity index (χ3n) is 6.11. The summed E-state index contributed by atoms with van der Waals surface area (Å²) in [5.74, 6) is 2.63. The Morgan fingerprint density at radius 2 is 1.64 bits per heavy atom. The highest BCUT2D eigenvalue weighted by molar-refractivity contribution is 5.79. The molecule has 7 nitrogen and oxygen atoms in total. The van der Waals surface area contributed by atoms with Gasteiger partial charge in [-0.25, -0.2) is 0 Å². The van der Waals surface area contributed by atoms with E-state index in [1.165, 1.54) is 0 Å². The van der Waals surface area contributed by atoms with Crippen molar-refractivity contribution in [1.29, 1.82) is 0 Å². The zero-order valence-corrected chi connectivity index (χ0v) is 19.2. The predicted molar refractivity (Wildman–Crippen MR) is 129 cm³/mol. The summed E-state index contributed by atoms with van der Waals surface area (Å²) in [6, 6.07) is 19.6. The van der Waals surface area contributed by atoms with Gasteiger partial charge in [0.15, 0.2) is 5.82 Å². The van der Waals surface area contributed by atoms with Crippen LogP contribution in [0.4, 0.5) is 5.82 Å². The number of ether oxygens (including phenoxy) is 2. The molecular weight excluding hydrogens is 416 g/mol. The minimum Gasteiger partial charge on any atom is -0.496 e. The maximum Gasteiger partial charge on any atom is 0.223 e. The molecule has 2 aromatic carbocycles. The quantitative estimate of drug-likeness (QED) is 0.568. The second-order valence-electron chi connectivity index (χ2n) is 8.09. The van der Waals surface area contributed by atoms with Crippen molar-refractivity contribution in [2.75, 3.05) is 38.8 Å². The van der Waals surface area contributed by atoms with Crippen molar-refractivity contribution in [2.45, 2.75) is 19.3 Å². The molecule has 3 aromatic rings. The number of carbonyl (C=O) groups excluding carboxylic acids is 1. The van der Waals surface area contributed by atoms with E-state index in [1.807, 2.05) is 60.7 Å². The highest BCUT2D eigenvalue weighted by Gasteiger charge is 2.25. The molecule has 1 aliphatic rings. The number of piperidine rings is 1. The maximum absolute atomic E-state index is 12.6. The van der Waals surface area contributed by atoms with E-state index < -0.39 is 0 Å². The van der Waals surface area contributed by atoms with E-state index >= 15 is 0 Å². The normalized spacial score (nSPS) is 14.1. The fourth-order valence-electron chi connectivity index (χ4n) is 4.24. The maximum atomic E-state index is 12.6. The van der Waals surface area contributed by atoms with E-state index in [1.54, 1.807) is 14.2 Å². The second kappa shape index (κ2) is 10.8. The Bertz CT molecular complexity index is 1060. The first-order chi connectivity index (χ1) is 16.2. The van der Waals surface area contributed by atoms with Gasteiger partial charge in [-0.1, -0.05) is 30.3 Å². The van der Waals surface area contributed by atoms with Gasteiger partial charge in [0.1, 0.15) is 11.5 Å². The molecule has 0 radical (unpaired) electrons. The summed E-state index contributed by atoms with van der Waals surface area (Å²) in [7, 11) is 3.32. The number of para-hydroxylation sites is 2. The van der Waals surface area contributed by atoms with E-state index in [0.717, 1.165) is 66.5 Å². The third kappa shape index (κ3) is 5.42. The first-order valence-corrected chi connectivity index (χ1v) is 11.3. The molecule has 1 fully saturated rings. The lowest BCUT2D eigenvalue weighted by atomic mass is 9.96. The molecule has 1 aliphatic heterocycles. The molecule has 0 atom stereocenters. The molecule has 1 aromatic heterocycles. The van der Waals surface area contributed by atoms with Crippen LogP contribution in [0, 0.1) is 5.92 Å². The topological polar surface area (TPSA) is 76.6 Å². The van der Waals surface area contributed by atoms with Gasteiger partial charge < -0.3 is 19.7 Å². The Hall–Kier alpha value is -3.61. The monoisotopic (exact) mass is 446 g/mol. The number of rotatable bonds is 8. The Kier molecular flexibility index (Phi) is 7.40. The van der Waals surface area contributed by atoms with E-state index in [2.05, 4.69) is 20.4 Å². The van der Waals surface area contributed by atoms with E-state index in [4.69, 9.17) is 9.47 Å². The largest absolute Gasteiger partial charge is 0.496 e. The number of amides is 1. The van der Waals surface area contributed by atoms with Crippen molar-refractivity contribution >= 4 is 11.7 Å². The summed E-state index contributed by atoms with van der Waals surface area (Å²) >= 11 is 0. The number of hydrogen-bond donors (Lipinski definition) is 1. The number of aromatic nitrogens is 2.